The Morgan fingerprint density at radius 2 is 1.53 bits per heavy atom. The number of benzene rings is 3. The summed E-state index contributed by atoms with van der Waals surface area (Å²) in [6.07, 6.45) is 4.07. The number of ketones is 2. The first-order chi connectivity index (χ1) is 20.9. The minimum atomic E-state index is -0.467. The highest BCUT2D eigenvalue weighted by molar-refractivity contribution is 14.1. The highest BCUT2D eigenvalue weighted by Gasteiger charge is 2.43. The number of nitrogens with zero attached hydrogens (tertiary/aromatic N) is 2. The number of hydrogen-bond donors (Lipinski definition) is 0. The number of hydrogen-bond acceptors (Lipinski definition) is 7. The molecular weight excluding hydrogens is 659 g/mol. The van der Waals surface area contributed by atoms with Gasteiger partial charge in [-0.15, -0.1) is 0 Å². The van der Waals surface area contributed by atoms with Gasteiger partial charge in [0, 0.05) is 60.0 Å². The Bertz CT molecular complexity index is 1640. The van der Waals surface area contributed by atoms with Crippen LogP contribution in [0.3, 0.4) is 0 Å². The minimum Gasteiger partial charge on any atom is -0.493 e. The van der Waals surface area contributed by atoms with Crippen LogP contribution in [0, 0.1) is 13.7 Å². The number of non-ortho nitro benzene ring substituents is 1. The molecule has 0 N–H and O–H groups in total. The molecule has 6 rings (SSSR count). The third-order valence-electron chi connectivity index (χ3n) is 8.36. The topological polar surface area (TPSA) is 99.0 Å². The van der Waals surface area contributed by atoms with E-state index in [0.717, 1.165) is 62.9 Å². The Balaban J connectivity index is 1.42. The summed E-state index contributed by atoms with van der Waals surface area (Å²) in [6.45, 7) is 0.740. The van der Waals surface area contributed by atoms with Gasteiger partial charge in [-0.05, 0) is 77.1 Å². The van der Waals surface area contributed by atoms with Crippen molar-refractivity contribution in [1.29, 1.82) is 0 Å². The fourth-order valence-electron chi connectivity index (χ4n) is 6.47. The summed E-state index contributed by atoms with van der Waals surface area (Å²) < 4.78 is 12.7. The van der Waals surface area contributed by atoms with Crippen molar-refractivity contribution < 1.29 is 24.0 Å². The Hall–Kier alpha value is -3.99. The van der Waals surface area contributed by atoms with E-state index in [1.165, 1.54) is 12.1 Å². The van der Waals surface area contributed by atoms with Crippen molar-refractivity contribution in [1.82, 2.24) is 4.90 Å². The van der Waals surface area contributed by atoms with Crippen LogP contribution in [-0.4, -0.2) is 28.5 Å². The lowest BCUT2D eigenvalue weighted by Crippen LogP contribution is -2.38. The molecule has 1 aliphatic heterocycles. The van der Waals surface area contributed by atoms with Gasteiger partial charge in [-0.3, -0.25) is 19.7 Å². The molecule has 0 spiro atoms. The van der Waals surface area contributed by atoms with Crippen molar-refractivity contribution in [2.24, 2.45) is 0 Å². The number of ether oxygens (including phenoxy) is 2. The van der Waals surface area contributed by atoms with E-state index in [2.05, 4.69) is 39.6 Å². The highest BCUT2D eigenvalue weighted by Crippen LogP contribution is 2.51. The third-order valence-corrected chi connectivity index (χ3v) is 9.16. The molecule has 0 saturated heterocycles. The zero-order valence-corrected chi connectivity index (χ0v) is 26.0. The molecule has 0 amide bonds. The smallest absolute Gasteiger partial charge is 0.269 e. The molecule has 0 unspecified atom stereocenters. The van der Waals surface area contributed by atoms with E-state index >= 15 is 0 Å². The number of rotatable bonds is 8. The van der Waals surface area contributed by atoms with Gasteiger partial charge in [-0.2, -0.15) is 0 Å². The zero-order valence-electron chi connectivity index (χ0n) is 23.8. The number of carbonyl (C=O) groups is 2. The van der Waals surface area contributed by atoms with Crippen LogP contribution in [0.4, 0.5) is 5.69 Å². The molecule has 0 atom stereocenters. The number of Topliss-reactive ketones (excluding diaryl/α,β-unsaturated/α-hetero) is 2. The van der Waals surface area contributed by atoms with E-state index in [0.29, 0.717) is 36.4 Å². The van der Waals surface area contributed by atoms with Crippen molar-refractivity contribution in [3.05, 3.63) is 120 Å². The van der Waals surface area contributed by atoms with Crippen LogP contribution in [0.1, 0.15) is 61.1 Å². The number of nitro benzene ring substituents is 1. The first-order valence-corrected chi connectivity index (χ1v) is 15.5. The lowest BCUT2D eigenvalue weighted by Gasteiger charge is -2.44. The molecule has 2 aliphatic carbocycles. The Morgan fingerprint density at radius 3 is 2.16 bits per heavy atom. The molecule has 43 heavy (non-hydrogen) atoms. The number of methoxy groups -OCH3 is 1. The number of halogens is 1. The molecule has 0 radical (unpaired) electrons. The summed E-state index contributed by atoms with van der Waals surface area (Å²) in [5.41, 5.74) is 6.12. The average Bonchev–Trinajstić information content (AvgIpc) is 3.01. The molecule has 1 heterocycles. The summed E-state index contributed by atoms with van der Waals surface area (Å²) in [5.74, 6) is 0.706. The molecule has 3 aliphatic rings. The second-order valence-corrected chi connectivity index (χ2v) is 12.2. The Labute approximate surface area is 263 Å². The average molecular weight is 691 g/mol. The fraction of sp³-hybridized carbons (Fsp3) is 0.294. The Morgan fingerprint density at radius 1 is 0.884 bits per heavy atom. The predicted molar refractivity (Wildman–Crippen MR) is 170 cm³/mol. The molecule has 3 aromatic rings. The summed E-state index contributed by atoms with van der Waals surface area (Å²) in [5, 5.41) is 11.2. The molecule has 0 bridgehead atoms. The molecule has 0 aromatic heterocycles. The van der Waals surface area contributed by atoms with Crippen molar-refractivity contribution in [2.45, 2.75) is 57.6 Å². The van der Waals surface area contributed by atoms with Crippen molar-refractivity contribution in [3.63, 3.8) is 0 Å². The van der Waals surface area contributed by atoms with Gasteiger partial charge in [-0.25, -0.2) is 0 Å². The summed E-state index contributed by atoms with van der Waals surface area (Å²) in [4.78, 5) is 40.5. The zero-order chi connectivity index (χ0) is 30.1. The highest BCUT2D eigenvalue weighted by atomic mass is 127. The minimum absolute atomic E-state index is 0.000766. The van der Waals surface area contributed by atoms with Gasteiger partial charge in [0.1, 0.15) is 6.61 Å². The lowest BCUT2D eigenvalue weighted by atomic mass is 9.71. The van der Waals surface area contributed by atoms with Crippen LogP contribution in [0.25, 0.3) is 0 Å². The van der Waals surface area contributed by atoms with Crippen molar-refractivity contribution in [2.75, 3.05) is 7.11 Å². The second-order valence-electron chi connectivity index (χ2n) is 11.0. The molecular formula is C34H31IN2O6. The predicted octanol–water partition coefficient (Wildman–Crippen LogP) is 7.40. The Kier molecular flexibility index (Phi) is 8.34. The van der Waals surface area contributed by atoms with Crippen LogP contribution in [-0.2, 0) is 22.7 Å². The number of allylic oxidation sites excluding steroid dienone is 4. The van der Waals surface area contributed by atoms with E-state index in [-0.39, 0.29) is 23.9 Å². The molecule has 0 fully saturated rings. The first kappa shape index (κ1) is 29.1. The van der Waals surface area contributed by atoms with E-state index in [9.17, 15) is 19.7 Å². The largest absolute Gasteiger partial charge is 0.493 e. The first-order valence-electron chi connectivity index (χ1n) is 14.4. The van der Waals surface area contributed by atoms with E-state index < -0.39 is 10.8 Å². The summed E-state index contributed by atoms with van der Waals surface area (Å²) in [6, 6.07) is 20.4. The number of carbonyl (C=O) groups excluding carboxylic acids is 2. The van der Waals surface area contributed by atoms with Gasteiger partial charge in [-0.1, -0.05) is 42.5 Å². The fourth-order valence-corrected chi connectivity index (χ4v) is 7.25. The van der Waals surface area contributed by atoms with Gasteiger partial charge in [0.15, 0.2) is 23.1 Å². The van der Waals surface area contributed by atoms with Crippen LogP contribution in [0.5, 0.6) is 11.5 Å². The quantitative estimate of drug-likeness (QED) is 0.138. The summed E-state index contributed by atoms with van der Waals surface area (Å²) in [7, 11) is 1.56. The summed E-state index contributed by atoms with van der Waals surface area (Å²) >= 11 is 2.19. The van der Waals surface area contributed by atoms with Gasteiger partial charge >= 0.3 is 0 Å². The maximum absolute atomic E-state index is 13.7. The van der Waals surface area contributed by atoms with E-state index in [1.807, 2.05) is 30.3 Å². The normalized spacial score (nSPS) is 17.1. The SMILES string of the molecule is COc1cc(C2C3=C(CCCC3=O)N(Cc3ccccc3)C3=C2C(=O)CCC3)cc(I)c1OCc1cccc([N+](=O)[O-])c1. The maximum Gasteiger partial charge on any atom is 0.269 e. The van der Waals surface area contributed by atoms with Crippen molar-refractivity contribution in [3.8, 4) is 11.5 Å². The van der Waals surface area contributed by atoms with E-state index in [4.69, 9.17) is 9.47 Å². The molecule has 3 aromatic carbocycles. The molecule has 220 valence electrons. The van der Waals surface area contributed by atoms with Crippen LogP contribution < -0.4 is 9.47 Å². The maximum atomic E-state index is 13.7. The molecule has 9 heteroatoms. The molecule has 0 saturated carbocycles. The standard InChI is InChI=1S/C34H31IN2O6/c1-42-30-18-23(17-25(35)34(30)43-20-22-10-5-11-24(16-22)37(40)41)31-32-26(12-6-14-28(32)38)36(19-21-8-3-2-4-9-21)27-13-7-15-29(39)33(27)31/h2-5,8-11,16-18,31H,6-7,12-15,19-20H2,1H3. The van der Waals surface area contributed by atoms with Crippen LogP contribution in [0.2, 0.25) is 0 Å². The number of nitro groups is 1. The van der Waals surface area contributed by atoms with Crippen molar-refractivity contribution >= 4 is 39.8 Å². The van der Waals surface area contributed by atoms with E-state index in [1.54, 1.807) is 19.2 Å². The molecule has 8 nitrogen and oxygen atoms in total. The van der Waals surface area contributed by atoms with Gasteiger partial charge in [0.05, 0.1) is 15.6 Å². The van der Waals surface area contributed by atoms with Crippen LogP contribution >= 0.6 is 22.6 Å². The van der Waals surface area contributed by atoms with Gasteiger partial charge in [0.25, 0.3) is 5.69 Å². The van der Waals surface area contributed by atoms with Gasteiger partial charge in [0.2, 0.25) is 0 Å². The van der Waals surface area contributed by atoms with Crippen LogP contribution in [0.15, 0.2) is 89.3 Å². The second kappa shape index (κ2) is 12.3. The van der Waals surface area contributed by atoms with Gasteiger partial charge < -0.3 is 14.4 Å². The third kappa shape index (κ3) is 5.70. The monoisotopic (exact) mass is 690 g/mol. The lowest BCUT2D eigenvalue weighted by molar-refractivity contribution is -0.384.